The molecule has 1 saturated heterocycles. The van der Waals surface area contributed by atoms with Crippen LogP contribution in [0.5, 0.6) is 0 Å². The molecule has 0 radical (unpaired) electrons. The molecular formula is C11H14N2O2. The number of carbonyl (C=O) groups excluding carboxylic acids is 1. The molecule has 0 aliphatic carbocycles. The lowest BCUT2D eigenvalue weighted by Gasteiger charge is -2.23. The van der Waals surface area contributed by atoms with Crippen LogP contribution in [0.2, 0.25) is 0 Å². The summed E-state index contributed by atoms with van der Waals surface area (Å²) in [5, 5.41) is 2.62. The molecule has 1 aliphatic heterocycles. The van der Waals surface area contributed by atoms with Crippen LogP contribution in [0.3, 0.4) is 0 Å². The Balaban J connectivity index is 2.11. The molecule has 0 aromatic heterocycles. The average molecular weight is 206 g/mol. The van der Waals surface area contributed by atoms with Crippen molar-refractivity contribution in [2.75, 3.05) is 6.54 Å². The van der Waals surface area contributed by atoms with Crippen LogP contribution in [0.4, 0.5) is 4.79 Å². The van der Waals surface area contributed by atoms with Crippen molar-refractivity contribution in [2.45, 2.75) is 19.1 Å². The molecule has 1 heterocycles. The van der Waals surface area contributed by atoms with Gasteiger partial charge < -0.3 is 15.8 Å². The Morgan fingerprint density at radius 2 is 2.13 bits per heavy atom. The third-order valence-electron chi connectivity index (χ3n) is 2.51. The van der Waals surface area contributed by atoms with Gasteiger partial charge in [0.05, 0.1) is 0 Å². The van der Waals surface area contributed by atoms with E-state index in [1.165, 1.54) is 0 Å². The number of alkyl carbamates (subject to hydrolysis) is 1. The topological polar surface area (TPSA) is 64.3 Å². The summed E-state index contributed by atoms with van der Waals surface area (Å²) in [4.78, 5) is 11.0. The van der Waals surface area contributed by atoms with Gasteiger partial charge in [-0.25, -0.2) is 4.79 Å². The highest BCUT2D eigenvalue weighted by atomic mass is 16.6. The number of nitrogens with two attached hydrogens (primary N) is 1. The van der Waals surface area contributed by atoms with Gasteiger partial charge in [-0.15, -0.1) is 0 Å². The number of nitrogens with one attached hydrogen (secondary N) is 1. The Kier molecular flexibility index (Phi) is 2.87. The standard InChI is InChI=1S/C11H14N2O2/c12-7-8-1-3-9(4-2-8)10-5-6-13-11(14)15-10/h1-4,10H,5-7,12H2,(H,13,14). The van der Waals surface area contributed by atoms with E-state index in [0.29, 0.717) is 13.1 Å². The van der Waals surface area contributed by atoms with E-state index >= 15 is 0 Å². The van der Waals surface area contributed by atoms with E-state index in [0.717, 1.165) is 17.5 Å². The summed E-state index contributed by atoms with van der Waals surface area (Å²) in [5.74, 6) is 0. The summed E-state index contributed by atoms with van der Waals surface area (Å²) in [6.45, 7) is 1.20. The van der Waals surface area contributed by atoms with Crippen molar-refractivity contribution in [2.24, 2.45) is 5.73 Å². The monoisotopic (exact) mass is 206 g/mol. The van der Waals surface area contributed by atoms with Crippen LogP contribution in [-0.4, -0.2) is 12.6 Å². The lowest BCUT2D eigenvalue weighted by Crippen LogP contribution is -2.33. The molecule has 1 fully saturated rings. The molecule has 0 spiro atoms. The number of rotatable bonds is 2. The number of ether oxygens (including phenoxy) is 1. The van der Waals surface area contributed by atoms with Gasteiger partial charge in [0.25, 0.3) is 0 Å². The van der Waals surface area contributed by atoms with Crippen molar-refractivity contribution in [3.63, 3.8) is 0 Å². The quantitative estimate of drug-likeness (QED) is 0.767. The number of benzene rings is 1. The van der Waals surface area contributed by atoms with E-state index in [-0.39, 0.29) is 12.2 Å². The first kappa shape index (κ1) is 9.98. The highest BCUT2D eigenvalue weighted by Crippen LogP contribution is 2.23. The summed E-state index contributed by atoms with van der Waals surface area (Å²) in [6.07, 6.45) is 0.355. The van der Waals surface area contributed by atoms with Gasteiger partial charge in [-0.3, -0.25) is 0 Å². The van der Waals surface area contributed by atoms with Gasteiger partial charge in [0, 0.05) is 19.5 Å². The van der Waals surface area contributed by atoms with Crippen LogP contribution in [0.1, 0.15) is 23.7 Å². The highest BCUT2D eigenvalue weighted by Gasteiger charge is 2.20. The third-order valence-corrected chi connectivity index (χ3v) is 2.51. The van der Waals surface area contributed by atoms with E-state index in [9.17, 15) is 4.79 Å². The first-order valence-corrected chi connectivity index (χ1v) is 5.03. The predicted molar refractivity (Wildman–Crippen MR) is 56.2 cm³/mol. The predicted octanol–water partition coefficient (Wildman–Crippen LogP) is 1.32. The Labute approximate surface area is 88.4 Å². The maximum absolute atomic E-state index is 11.0. The first-order chi connectivity index (χ1) is 7.29. The number of amides is 1. The van der Waals surface area contributed by atoms with Crippen molar-refractivity contribution in [3.05, 3.63) is 35.4 Å². The van der Waals surface area contributed by atoms with Crippen LogP contribution in [0, 0.1) is 0 Å². The molecule has 1 atom stereocenters. The minimum Gasteiger partial charge on any atom is -0.441 e. The molecule has 15 heavy (non-hydrogen) atoms. The van der Waals surface area contributed by atoms with Crippen LogP contribution in [-0.2, 0) is 11.3 Å². The van der Waals surface area contributed by atoms with Crippen molar-refractivity contribution in [1.82, 2.24) is 5.32 Å². The third kappa shape index (κ3) is 2.27. The minimum atomic E-state index is -0.339. The number of hydrogen-bond acceptors (Lipinski definition) is 3. The summed E-state index contributed by atoms with van der Waals surface area (Å²) < 4.78 is 5.16. The summed E-state index contributed by atoms with van der Waals surface area (Å²) in [6, 6.07) is 7.85. The summed E-state index contributed by atoms with van der Waals surface area (Å²) in [7, 11) is 0. The zero-order chi connectivity index (χ0) is 10.7. The summed E-state index contributed by atoms with van der Waals surface area (Å²) >= 11 is 0. The molecule has 1 amide bonds. The fourth-order valence-electron chi connectivity index (χ4n) is 1.64. The van der Waals surface area contributed by atoms with Crippen LogP contribution in [0.15, 0.2) is 24.3 Å². The van der Waals surface area contributed by atoms with E-state index in [1.54, 1.807) is 0 Å². The highest BCUT2D eigenvalue weighted by molar-refractivity contribution is 5.68. The van der Waals surface area contributed by atoms with Crippen molar-refractivity contribution >= 4 is 6.09 Å². The van der Waals surface area contributed by atoms with Crippen molar-refractivity contribution in [1.29, 1.82) is 0 Å². The molecule has 1 unspecified atom stereocenters. The van der Waals surface area contributed by atoms with E-state index in [4.69, 9.17) is 10.5 Å². The number of carbonyl (C=O) groups is 1. The smallest absolute Gasteiger partial charge is 0.407 e. The average Bonchev–Trinajstić information content (AvgIpc) is 2.29. The van der Waals surface area contributed by atoms with Gasteiger partial charge in [0.15, 0.2) is 0 Å². The fourth-order valence-corrected chi connectivity index (χ4v) is 1.64. The van der Waals surface area contributed by atoms with E-state index in [1.807, 2.05) is 24.3 Å². The Morgan fingerprint density at radius 3 is 2.73 bits per heavy atom. The second-order valence-electron chi connectivity index (χ2n) is 3.56. The van der Waals surface area contributed by atoms with Gasteiger partial charge in [-0.05, 0) is 11.1 Å². The second-order valence-corrected chi connectivity index (χ2v) is 3.56. The maximum Gasteiger partial charge on any atom is 0.407 e. The molecule has 1 aromatic rings. The zero-order valence-electron chi connectivity index (χ0n) is 8.40. The second kappa shape index (κ2) is 4.31. The lowest BCUT2D eigenvalue weighted by molar-refractivity contribution is 0.0739. The molecular weight excluding hydrogens is 192 g/mol. The molecule has 4 nitrogen and oxygen atoms in total. The molecule has 1 aliphatic rings. The van der Waals surface area contributed by atoms with Crippen molar-refractivity contribution < 1.29 is 9.53 Å². The van der Waals surface area contributed by atoms with Crippen molar-refractivity contribution in [3.8, 4) is 0 Å². The molecule has 2 rings (SSSR count). The molecule has 0 bridgehead atoms. The zero-order valence-corrected chi connectivity index (χ0v) is 8.40. The Morgan fingerprint density at radius 1 is 1.40 bits per heavy atom. The Hall–Kier alpha value is -1.55. The van der Waals surface area contributed by atoms with Gasteiger partial charge >= 0.3 is 6.09 Å². The lowest BCUT2D eigenvalue weighted by atomic mass is 10.0. The number of cyclic esters (lactones) is 1. The maximum atomic E-state index is 11.0. The van der Waals surface area contributed by atoms with Gasteiger partial charge in [0.2, 0.25) is 0 Å². The largest absolute Gasteiger partial charge is 0.441 e. The molecule has 1 aromatic carbocycles. The normalized spacial score (nSPS) is 20.6. The molecule has 0 saturated carbocycles. The van der Waals surface area contributed by atoms with Crippen LogP contribution < -0.4 is 11.1 Å². The van der Waals surface area contributed by atoms with Gasteiger partial charge in [-0.2, -0.15) is 0 Å². The summed E-state index contributed by atoms with van der Waals surface area (Å²) in [5.41, 5.74) is 7.62. The van der Waals surface area contributed by atoms with Gasteiger partial charge in [-0.1, -0.05) is 24.3 Å². The minimum absolute atomic E-state index is 0.120. The molecule has 3 N–H and O–H groups in total. The van der Waals surface area contributed by atoms with E-state index in [2.05, 4.69) is 5.32 Å². The SMILES string of the molecule is NCc1ccc(C2CCNC(=O)O2)cc1. The number of hydrogen-bond donors (Lipinski definition) is 2. The fraction of sp³-hybridized carbons (Fsp3) is 0.364. The molecule has 4 heteroatoms. The van der Waals surface area contributed by atoms with E-state index < -0.39 is 0 Å². The van der Waals surface area contributed by atoms with Crippen LogP contribution >= 0.6 is 0 Å². The first-order valence-electron chi connectivity index (χ1n) is 5.03. The Bertz CT molecular complexity index is 348. The van der Waals surface area contributed by atoms with Gasteiger partial charge in [0.1, 0.15) is 6.10 Å². The molecule has 80 valence electrons. The van der Waals surface area contributed by atoms with Crippen LogP contribution in [0.25, 0.3) is 0 Å².